The molecular formula is C24H27ClN2O4. The highest BCUT2D eigenvalue weighted by Crippen LogP contribution is 2.53. The van der Waals surface area contributed by atoms with Crippen LogP contribution >= 0.6 is 12.4 Å². The number of carbonyl (C=O) groups excluding carboxylic acids is 1. The van der Waals surface area contributed by atoms with E-state index >= 15 is 0 Å². The van der Waals surface area contributed by atoms with Gasteiger partial charge in [0.2, 0.25) is 5.91 Å². The van der Waals surface area contributed by atoms with Gasteiger partial charge in [0.25, 0.3) is 0 Å². The van der Waals surface area contributed by atoms with Crippen LogP contribution in [0.15, 0.2) is 42.5 Å². The van der Waals surface area contributed by atoms with Gasteiger partial charge in [-0.1, -0.05) is 24.3 Å². The zero-order valence-electron chi connectivity index (χ0n) is 17.3. The molecule has 1 amide bonds. The maximum absolute atomic E-state index is 13.9. The first-order valence-electron chi connectivity index (χ1n) is 10.9. The average molecular weight is 443 g/mol. The predicted octanol–water partition coefficient (Wildman–Crippen LogP) is 3.05. The van der Waals surface area contributed by atoms with Gasteiger partial charge in [-0.3, -0.25) is 4.79 Å². The van der Waals surface area contributed by atoms with Crippen molar-refractivity contribution in [2.45, 2.75) is 36.9 Å². The summed E-state index contributed by atoms with van der Waals surface area (Å²) in [5.74, 6) is 1.64. The molecule has 0 saturated carbocycles. The molecule has 164 valence electrons. The number of nitrogens with one attached hydrogen (secondary N) is 1. The molecule has 2 aromatic rings. The van der Waals surface area contributed by atoms with E-state index in [1.54, 1.807) is 0 Å². The quantitative estimate of drug-likeness (QED) is 0.788. The molecule has 6 rings (SSSR count). The van der Waals surface area contributed by atoms with E-state index in [2.05, 4.69) is 11.4 Å². The van der Waals surface area contributed by atoms with Crippen molar-refractivity contribution in [3.8, 4) is 11.5 Å². The van der Waals surface area contributed by atoms with Gasteiger partial charge in [0, 0.05) is 30.5 Å². The Kier molecular flexibility index (Phi) is 5.32. The molecule has 0 bridgehead atoms. The van der Waals surface area contributed by atoms with Crippen LogP contribution < -0.4 is 19.7 Å². The largest absolute Gasteiger partial charge is 0.491 e. The van der Waals surface area contributed by atoms with Gasteiger partial charge in [-0.05, 0) is 43.5 Å². The first kappa shape index (κ1) is 20.6. The van der Waals surface area contributed by atoms with Crippen molar-refractivity contribution in [1.82, 2.24) is 5.32 Å². The Hall–Kier alpha value is -2.28. The van der Waals surface area contributed by atoms with Gasteiger partial charge in [0.05, 0.1) is 12.6 Å². The fraction of sp³-hybridized carbons (Fsp3) is 0.458. The summed E-state index contributed by atoms with van der Waals surface area (Å²) in [4.78, 5) is 15.8. The summed E-state index contributed by atoms with van der Waals surface area (Å²) in [5.41, 5.74) is 2.16. The maximum atomic E-state index is 13.9. The topological polar surface area (TPSA) is 60.0 Å². The molecule has 1 N–H and O–H groups in total. The molecule has 31 heavy (non-hydrogen) atoms. The number of halogens is 1. The van der Waals surface area contributed by atoms with Crippen molar-refractivity contribution in [1.29, 1.82) is 0 Å². The van der Waals surface area contributed by atoms with E-state index < -0.39 is 5.41 Å². The normalized spacial score (nSPS) is 28.4. The molecule has 0 aliphatic carbocycles. The fourth-order valence-electron chi connectivity index (χ4n) is 5.33. The number of para-hydroxylation sites is 1. The van der Waals surface area contributed by atoms with E-state index in [0.717, 1.165) is 67.3 Å². The number of amides is 1. The summed E-state index contributed by atoms with van der Waals surface area (Å²) >= 11 is 0. The fourth-order valence-corrected chi connectivity index (χ4v) is 5.33. The Labute approximate surface area is 188 Å². The van der Waals surface area contributed by atoms with E-state index in [0.29, 0.717) is 13.2 Å². The summed E-state index contributed by atoms with van der Waals surface area (Å²) in [6.07, 6.45) is 3.36. The lowest BCUT2D eigenvalue weighted by Gasteiger charge is -2.25. The molecule has 1 unspecified atom stereocenters. The highest BCUT2D eigenvalue weighted by atomic mass is 35.5. The molecule has 4 aliphatic rings. The standard InChI is InChI=1S/C24H26N2O4.ClH/c27-23-24(19-5-1-2-6-21(19)26(23)14-18-4-3-11-28-18)15-29-22-12-16(7-8-20(22)24)30-17-9-10-25-13-17;/h1-2,5-8,12,17-18,25H,3-4,9-11,13-15H2;1H/t17-,18-,24?;/m1./s1. The third kappa shape index (κ3) is 3.20. The van der Waals surface area contributed by atoms with Crippen molar-refractivity contribution in [3.05, 3.63) is 53.6 Å². The van der Waals surface area contributed by atoms with Crippen LogP contribution in [0.3, 0.4) is 0 Å². The number of fused-ring (bicyclic) bond motifs is 4. The van der Waals surface area contributed by atoms with E-state index in [1.807, 2.05) is 41.3 Å². The number of rotatable bonds is 4. The summed E-state index contributed by atoms with van der Waals surface area (Å²) in [6.45, 7) is 3.56. The minimum atomic E-state index is -0.780. The van der Waals surface area contributed by atoms with Crippen molar-refractivity contribution >= 4 is 24.0 Å². The SMILES string of the molecule is Cl.O=C1N(C[C@H]2CCCO2)c2ccccc2C12COc1cc(O[C@@H]3CCNC3)ccc12. The summed E-state index contributed by atoms with van der Waals surface area (Å²) in [6, 6.07) is 14.1. The number of hydrogen-bond donors (Lipinski definition) is 1. The van der Waals surface area contributed by atoms with Gasteiger partial charge >= 0.3 is 0 Å². The van der Waals surface area contributed by atoms with Crippen LogP contribution in [0.25, 0.3) is 0 Å². The zero-order valence-corrected chi connectivity index (χ0v) is 18.2. The Balaban J connectivity index is 0.00000204. The smallest absolute Gasteiger partial charge is 0.245 e. The molecule has 2 saturated heterocycles. The number of anilines is 1. The molecular weight excluding hydrogens is 416 g/mol. The van der Waals surface area contributed by atoms with Crippen molar-refractivity contribution < 1.29 is 19.0 Å². The van der Waals surface area contributed by atoms with Gasteiger partial charge in [-0.15, -0.1) is 12.4 Å². The second-order valence-electron chi connectivity index (χ2n) is 8.65. The number of ether oxygens (including phenoxy) is 3. The molecule has 1 spiro atoms. The van der Waals surface area contributed by atoms with Crippen LogP contribution in [0.2, 0.25) is 0 Å². The van der Waals surface area contributed by atoms with Gasteiger partial charge in [0.1, 0.15) is 29.6 Å². The van der Waals surface area contributed by atoms with Crippen molar-refractivity contribution in [3.63, 3.8) is 0 Å². The van der Waals surface area contributed by atoms with Crippen LogP contribution in [0, 0.1) is 0 Å². The minimum absolute atomic E-state index is 0. The second kappa shape index (κ2) is 8.01. The van der Waals surface area contributed by atoms with E-state index in [1.165, 1.54) is 0 Å². The van der Waals surface area contributed by atoms with Gasteiger partial charge < -0.3 is 24.4 Å². The Morgan fingerprint density at radius 3 is 2.87 bits per heavy atom. The van der Waals surface area contributed by atoms with Gasteiger partial charge in [-0.25, -0.2) is 0 Å². The first-order chi connectivity index (χ1) is 14.8. The van der Waals surface area contributed by atoms with E-state index in [9.17, 15) is 4.79 Å². The minimum Gasteiger partial charge on any atom is -0.491 e. The number of hydrogen-bond acceptors (Lipinski definition) is 5. The zero-order chi connectivity index (χ0) is 20.1. The lowest BCUT2D eigenvalue weighted by Crippen LogP contribution is -2.44. The highest BCUT2D eigenvalue weighted by molar-refractivity contribution is 6.11. The molecule has 4 heterocycles. The third-order valence-electron chi connectivity index (χ3n) is 6.85. The number of nitrogens with zero attached hydrogens (tertiary/aromatic N) is 1. The van der Waals surface area contributed by atoms with Crippen molar-refractivity contribution in [2.24, 2.45) is 0 Å². The Bertz CT molecular complexity index is 987. The molecule has 3 atom stereocenters. The number of benzene rings is 2. The molecule has 0 aromatic heterocycles. The molecule has 2 fully saturated rings. The molecule has 0 radical (unpaired) electrons. The van der Waals surface area contributed by atoms with E-state index in [-0.39, 0.29) is 30.5 Å². The van der Waals surface area contributed by atoms with Crippen LogP contribution in [0.5, 0.6) is 11.5 Å². The van der Waals surface area contributed by atoms with E-state index in [4.69, 9.17) is 14.2 Å². The van der Waals surface area contributed by atoms with Crippen molar-refractivity contribution in [2.75, 3.05) is 37.7 Å². The van der Waals surface area contributed by atoms with Gasteiger partial charge in [-0.2, -0.15) is 0 Å². The molecule has 4 aliphatic heterocycles. The van der Waals surface area contributed by atoms with Crippen LogP contribution in [-0.4, -0.2) is 51.0 Å². The Morgan fingerprint density at radius 2 is 2.06 bits per heavy atom. The van der Waals surface area contributed by atoms with Crippen LogP contribution in [-0.2, 0) is 14.9 Å². The molecule has 6 nitrogen and oxygen atoms in total. The summed E-state index contributed by atoms with van der Waals surface area (Å²) < 4.78 is 18.0. The Morgan fingerprint density at radius 1 is 1.16 bits per heavy atom. The summed E-state index contributed by atoms with van der Waals surface area (Å²) in [5, 5.41) is 3.32. The first-order valence-corrected chi connectivity index (χ1v) is 10.9. The third-order valence-corrected chi connectivity index (χ3v) is 6.85. The monoisotopic (exact) mass is 442 g/mol. The van der Waals surface area contributed by atoms with Crippen LogP contribution in [0.1, 0.15) is 30.4 Å². The second-order valence-corrected chi connectivity index (χ2v) is 8.65. The van der Waals surface area contributed by atoms with Crippen LogP contribution in [0.4, 0.5) is 5.69 Å². The predicted molar refractivity (Wildman–Crippen MR) is 120 cm³/mol. The number of carbonyl (C=O) groups is 1. The average Bonchev–Trinajstić information content (AvgIpc) is 3.55. The van der Waals surface area contributed by atoms with Gasteiger partial charge in [0.15, 0.2) is 0 Å². The maximum Gasteiger partial charge on any atom is 0.245 e. The molecule has 7 heteroatoms. The lowest BCUT2D eigenvalue weighted by molar-refractivity contribution is -0.122. The summed E-state index contributed by atoms with van der Waals surface area (Å²) in [7, 11) is 0. The highest BCUT2D eigenvalue weighted by Gasteiger charge is 2.57. The lowest BCUT2D eigenvalue weighted by atomic mass is 9.77. The molecule has 2 aromatic carbocycles.